The molecule has 120 valence electrons. The molecular weight excluding hydrogens is 292 g/mol. The first-order valence-corrected chi connectivity index (χ1v) is 7.54. The summed E-state index contributed by atoms with van der Waals surface area (Å²) in [5, 5.41) is 8.99. The first-order valence-electron chi connectivity index (χ1n) is 7.54. The quantitative estimate of drug-likeness (QED) is 0.890. The zero-order valence-electron chi connectivity index (χ0n) is 13.3. The summed E-state index contributed by atoms with van der Waals surface area (Å²) in [4.78, 5) is 29.1. The van der Waals surface area contributed by atoms with Crippen molar-refractivity contribution in [2.75, 3.05) is 7.05 Å². The molecule has 0 radical (unpaired) electrons. The van der Waals surface area contributed by atoms with E-state index in [1.54, 1.807) is 18.0 Å². The SMILES string of the molecule is CCC(Cc1ccccc1)N(C)C(=O)c1cccc(C(=O)O)n1. The molecule has 1 unspecified atom stereocenters. The highest BCUT2D eigenvalue weighted by molar-refractivity contribution is 5.94. The molecule has 0 bridgehead atoms. The van der Waals surface area contributed by atoms with E-state index in [9.17, 15) is 9.59 Å². The number of carbonyl (C=O) groups excluding carboxylic acids is 1. The number of carboxylic acids is 1. The molecule has 0 saturated heterocycles. The van der Waals surface area contributed by atoms with Crippen LogP contribution in [0.15, 0.2) is 48.5 Å². The highest BCUT2D eigenvalue weighted by Gasteiger charge is 2.22. The fourth-order valence-electron chi connectivity index (χ4n) is 2.46. The summed E-state index contributed by atoms with van der Waals surface area (Å²) in [5.41, 5.74) is 1.19. The van der Waals surface area contributed by atoms with Gasteiger partial charge in [-0.05, 0) is 30.5 Å². The van der Waals surface area contributed by atoms with Gasteiger partial charge < -0.3 is 10.0 Å². The van der Waals surface area contributed by atoms with E-state index in [1.165, 1.54) is 12.1 Å². The topological polar surface area (TPSA) is 70.5 Å². The van der Waals surface area contributed by atoms with Gasteiger partial charge in [0.2, 0.25) is 0 Å². The molecule has 0 spiro atoms. The minimum atomic E-state index is -1.14. The summed E-state index contributed by atoms with van der Waals surface area (Å²) in [6.45, 7) is 2.03. The standard InChI is InChI=1S/C18H20N2O3/c1-3-14(12-13-8-5-4-6-9-13)20(2)17(21)15-10-7-11-16(19-15)18(22)23/h4-11,14H,3,12H2,1-2H3,(H,22,23). The fourth-order valence-corrected chi connectivity index (χ4v) is 2.46. The van der Waals surface area contributed by atoms with Gasteiger partial charge in [0.15, 0.2) is 0 Å². The van der Waals surface area contributed by atoms with Crippen LogP contribution < -0.4 is 0 Å². The van der Waals surface area contributed by atoms with Gasteiger partial charge in [-0.25, -0.2) is 9.78 Å². The second kappa shape index (κ2) is 7.54. The van der Waals surface area contributed by atoms with Crippen molar-refractivity contribution in [1.29, 1.82) is 0 Å². The molecule has 2 aromatic rings. The van der Waals surface area contributed by atoms with Crippen molar-refractivity contribution in [3.05, 3.63) is 65.5 Å². The lowest BCUT2D eigenvalue weighted by Gasteiger charge is -2.27. The Labute approximate surface area is 135 Å². The van der Waals surface area contributed by atoms with Crippen LogP contribution in [0, 0.1) is 0 Å². The van der Waals surface area contributed by atoms with Gasteiger partial charge >= 0.3 is 5.97 Å². The maximum Gasteiger partial charge on any atom is 0.354 e. The zero-order chi connectivity index (χ0) is 16.8. The predicted molar refractivity (Wildman–Crippen MR) is 87.5 cm³/mol. The summed E-state index contributed by atoms with van der Waals surface area (Å²) in [6, 6.07) is 14.5. The van der Waals surface area contributed by atoms with Crippen LogP contribution in [0.3, 0.4) is 0 Å². The van der Waals surface area contributed by atoms with Crippen LogP contribution in [-0.4, -0.2) is 40.0 Å². The highest BCUT2D eigenvalue weighted by Crippen LogP contribution is 2.13. The second-order valence-electron chi connectivity index (χ2n) is 5.38. The number of aromatic carboxylic acids is 1. The van der Waals surface area contributed by atoms with E-state index in [4.69, 9.17) is 5.11 Å². The van der Waals surface area contributed by atoms with Crippen LogP contribution in [0.5, 0.6) is 0 Å². The Morgan fingerprint density at radius 1 is 1.09 bits per heavy atom. The van der Waals surface area contributed by atoms with E-state index >= 15 is 0 Å². The van der Waals surface area contributed by atoms with Crippen molar-refractivity contribution >= 4 is 11.9 Å². The minimum absolute atomic E-state index is 0.0279. The Balaban J connectivity index is 2.16. The van der Waals surface area contributed by atoms with Crippen LogP contribution in [0.2, 0.25) is 0 Å². The van der Waals surface area contributed by atoms with Crippen molar-refractivity contribution in [1.82, 2.24) is 9.88 Å². The summed E-state index contributed by atoms with van der Waals surface area (Å²) >= 11 is 0. The number of carbonyl (C=O) groups is 2. The van der Waals surface area contributed by atoms with Crippen molar-refractivity contribution in [2.24, 2.45) is 0 Å². The number of benzene rings is 1. The van der Waals surface area contributed by atoms with E-state index in [0.717, 1.165) is 18.4 Å². The van der Waals surface area contributed by atoms with Crippen molar-refractivity contribution in [2.45, 2.75) is 25.8 Å². The summed E-state index contributed by atoms with van der Waals surface area (Å²) in [6.07, 6.45) is 1.55. The average molecular weight is 312 g/mol. The van der Waals surface area contributed by atoms with Crippen LogP contribution in [0.1, 0.15) is 39.9 Å². The number of hydrogen-bond acceptors (Lipinski definition) is 3. The third-order valence-corrected chi connectivity index (χ3v) is 3.84. The second-order valence-corrected chi connectivity index (χ2v) is 5.38. The van der Waals surface area contributed by atoms with Gasteiger partial charge in [0.05, 0.1) is 0 Å². The van der Waals surface area contributed by atoms with Crippen LogP contribution in [-0.2, 0) is 6.42 Å². The van der Waals surface area contributed by atoms with Crippen molar-refractivity contribution in [3.8, 4) is 0 Å². The Bertz CT molecular complexity index is 686. The Morgan fingerprint density at radius 3 is 2.35 bits per heavy atom. The number of pyridine rings is 1. The number of rotatable bonds is 6. The first kappa shape index (κ1) is 16.7. The van der Waals surface area contributed by atoms with Crippen LogP contribution >= 0.6 is 0 Å². The molecule has 5 heteroatoms. The summed E-state index contributed by atoms with van der Waals surface area (Å²) in [5.74, 6) is -1.41. The van der Waals surface area contributed by atoms with E-state index in [1.807, 2.05) is 37.3 Å². The molecule has 0 fully saturated rings. The lowest BCUT2D eigenvalue weighted by molar-refractivity contribution is 0.0689. The molecule has 1 atom stereocenters. The minimum Gasteiger partial charge on any atom is -0.477 e. The fraction of sp³-hybridized carbons (Fsp3) is 0.278. The van der Waals surface area contributed by atoms with Gasteiger partial charge in [0.1, 0.15) is 11.4 Å². The van der Waals surface area contributed by atoms with Gasteiger partial charge in [-0.3, -0.25) is 4.79 Å². The molecule has 0 aliphatic rings. The number of nitrogens with zero attached hydrogens (tertiary/aromatic N) is 2. The molecule has 1 aromatic carbocycles. The maximum atomic E-state index is 12.6. The van der Waals surface area contributed by atoms with Gasteiger partial charge in [0, 0.05) is 13.1 Å². The van der Waals surface area contributed by atoms with Gasteiger partial charge in [0.25, 0.3) is 5.91 Å². The van der Waals surface area contributed by atoms with E-state index in [-0.39, 0.29) is 23.3 Å². The Kier molecular flexibility index (Phi) is 5.46. The van der Waals surface area contributed by atoms with E-state index in [2.05, 4.69) is 4.98 Å². The van der Waals surface area contributed by atoms with Gasteiger partial charge in [-0.1, -0.05) is 43.3 Å². The average Bonchev–Trinajstić information content (AvgIpc) is 2.59. The summed E-state index contributed by atoms with van der Waals surface area (Å²) < 4.78 is 0. The number of amides is 1. The smallest absolute Gasteiger partial charge is 0.354 e. The molecule has 0 saturated carbocycles. The normalized spacial score (nSPS) is 11.7. The monoisotopic (exact) mass is 312 g/mol. The molecule has 1 amide bonds. The van der Waals surface area contributed by atoms with Gasteiger partial charge in [-0.15, -0.1) is 0 Å². The molecule has 1 N–H and O–H groups in total. The number of aromatic nitrogens is 1. The number of carboxylic acid groups (broad SMARTS) is 1. The molecule has 5 nitrogen and oxygen atoms in total. The van der Waals surface area contributed by atoms with E-state index < -0.39 is 5.97 Å². The molecular formula is C18H20N2O3. The zero-order valence-corrected chi connectivity index (χ0v) is 13.3. The maximum absolute atomic E-state index is 12.6. The molecule has 2 rings (SSSR count). The lowest BCUT2D eigenvalue weighted by Crippen LogP contribution is -2.38. The highest BCUT2D eigenvalue weighted by atomic mass is 16.4. The molecule has 0 aliphatic heterocycles. The molecule has 23 heavy (non-hydrogen) atoms. The van der Waals surface area contributed by atoms with Crippen LogP contribution in [0.25, 0.3) is 0 Å². The molecule has 1 heterocycles. The third kappa shape index (κ3) is 4.16. The first-order chi connectivity index (χ1) is 11.0. The molecule has 1 aromatic heterocycles. The van der Waals surface area contributed by atoms with Gasteiger partial charge in [-0.2, -0.15) is 0 Å². The van der Waals surface area contributed by atoms with Crippen LogP contribution in [0.4, 0.5) is 0 Å². The lowest BCUT2D eigenvalue weighted by atomic mass is 10.0. The van der Waals surface area contributed by atoms with E-state index in [0.29, 0.717) is 0 Å². The van der Waals surface area contributed by atoms with Crippen molar-refractivity contribution in [3.63, 3.8) is 0 Å². The largest absolute Gasteiger partial charge is 0.477 e. The predicted octanol–water partition coefficient (Wildman–Crippen LogP) is 2.87. The Morgan fingerprint density at radius 2 is 1.74 bits per heavy atom. The number of hydrogen-bond donors (Lipinski definition) is 1. The number of likely N-dealkylation sites (N-methyl/N-ethyl adjacent to an activating group) is 1. The molecule has 0 aliphatic carbocycles. The third-order valence-electron chi connectivity index (χ3n) is 3.84. The Hall–Kier alpha value is -2.69. The summed E-state index contributed by atoms with van der Waals surface area (Å²) in [7, 11) is 1.73. The van der Waals surface area contributed by atoms with Crippen molar-refractivity contribution < 1.29 is 14.7 Å².